The SMILES string of the molecule is CCOC(=O)N1CCC(C(=O)[C@H](Cc2cccc(C(=N)CO)c2)NS(=O)(=O)c2c(C(C)C)cc(C(C)C)cc2C(C)C)CC1. The maximum Gasteiger partial charge on any atom is 0.409 e. The number of nitrogens with zero attached hydrogens (tertiary/aromatic N) is 1. The van der Waals surface area contributed by atoms with E-state index >= 15 is 0 Å². The van der Waals surface area contributed by atoms with Crippen LogP contribution in [0.15, 0.2) is 41.3 Å². The highest BCUT2D eigenvalue weighted by molar-refractivity contribution is 7.89. The van der Waals surface area contributed by atoms with Crippen molar-refractivity contribution in [3.63, 3.8) is 0 Å². The van der Waals surface area contributed by atoms with Gasteiger partial charge in [0, 0.05) is 19.0 Å². The highest BCUT2D eigenvalue weighted by atomic mass is 32.2. The molecule has 0 spiro atoms. The highest BCUT2D eigenvalue weighted by Gasteiger charge is 2.36. The Hall–Kier alpha value is -3.08. The second-order valence-corrected chi connectivity index (χ2v) is 14.2. The Morgan fingerprint density at radius 1 is 1.00 bits per heavy atom. The Labute approximate surface area is 262 Å². The molecular weight excluding hydrogens is 578 g/mol. The van der Waals surface area contributed by atoms with E-state index in [1.165, 1.54) is 0 Å². The summed E-state index contributed by atoms with van der Waals surface area (Å²) in [6.07, 6.45) is 0.484. The van der Waals surface area contributed by atoms with Crippen LogP contribution in [-0.4, -0.2) is 68.4 Å². The van der Waals surface area contributed by atoms with Gasteiger partial charge in [-0.2, -0.15) is 0 Å². The summed E-state index contributed by atoms with van der Waals surface area (Å²) < 4.78 is 36.7. The maximum absolute atomic E-state index is 14.4. The normalized spacial score (nSPS) is 15.2. The van der Waals surface area contributed by atoms with Gasteiger partial charge in [0.1, 0.15) is 0 Å². The number of ketones is 1. The summed E-state index contributed by atoms with van der Waals surface area (Å²) in [6.45, 7) is 14.4. The van der Waals surface area contributed by atoms with Crippen molar-refractivity contribution in [2.24, 2.45) is 5.92 Å². The fraction of sp³-hybridized carbons (Fsp3) is 0.559. The summed E-state index contributed by atoms with van der Waals surface area (Å²) in [4.78, 5) is 28.2. The molecule has 0 aliphatic carbocycles. The van der Waals surface area contributed by atoms with Crippen molar-refractivity contribution in [1.82, 2.24) is 9.62 Å². The van der Waals surface area contributed by atoms with Gasteiger partial charge in [-0.3, -0.25) is 4.79 Å². The zero-order valence-corrected chi connectivity index (χ0v) is 28.0. The second kappa shape index (κ2) is 15.3. The lowest BCUT2D eigenvalue weighted by atomic mass is 9.87. The molecule has 2 aromatic carbocycles. The molecule has 0 bridgehead atoms. The smallest absolute Gasteiger partial charge is 0.409 e. The molecule has 1 amide bonds. The minimum Gasteiger partial charge on any atom is -0.450 e. The molecule has 0 aromatic heterocycles. The van der Waals surface area contributed by atoms with E-state index in [0.29, 0.717) is 37.1 Å². The van der Waals surface area contributed by atoms with E-state index < -0.39 is 34.7 Å². The number of hydrogen-bond acceptors (Lipinski definition) is 7. The lowest BCUT2D eigenvalue weighted by Crippen LogP contribution is -2.48. The molecule has 1 fully saturated rings. The van der Waals surface area contributed by atoms with Crippen molar-refractivity contribution in [3.05, 3.63) is 64.2 Å². The summed E-state index contributed by atoms with van der Waals surface area (Å²) in [5.74, 6) is -0.587. The molecule has 1 heterocycles. The van der Waals surface area contributed by atoms with E-state index in [4.69, 9.17) is 10.1 Å². The van der Waals surface area contributed by atoms with Gasteiger partial charge in [-0.1, -0.05) is 71.9 Å². The molecule has 242 valence electrons. The van der Waals surface area contributed by atoms with Crippen LogP contribution in [-0.2, 0) is 26.0 Å². The third-order valence-corrected chi connectivity index (χ3v) is 9.89. The van der Waals surface area contributed by atoms with Crippen LogP contribution in [0.2, 0.25) is 0 Å². The Kier molecular flexibility index (Phi) is 12.3. The van der Waals surface area contributed by atoms with Gasteiger partial charge in [-0.05, 0) is 77.8 Å². The number of sulfonamides is 1. The van der Waals surface area contributed by atoms with Gasteiger partial charge in [-0.15, -0.1) is 0 Å². The van der Waals surface area contributed by atoms with E-state index in [1.54, 1.807) is 36.1 Å². The summed E-state index contributed by atoms with van der Waals surface area (Å²) in [5, 5.41) is 17.5. The van der Waals surface area contributed by atoms with Crippen LogP contribution in [0.4, 0.5) is 4.79 Å². The van der Waals surface area contributed by atoms with Crippen LogP contribution in [0.5, 0.6) is 0 Å². The van der Waals surface area contributed by atoms with E-state index in [2.05, 4.69) is 18.6 Å². The number of rotatable bonds is 13. The number of piperidine rings is 1. The van der Waals surface area contributed by atoms with Crippen molar-refractivity contribution in [2.45, 2.75) is 96.4 Å². The third kappa shape index (κ3) is 8.55. The van der Waals surface area contributed by atoms with Crippen molar-refractivity contribution < 1.29 is 27.9 Å². The molecule has 1 aliphatic rings. The van der Waals surface area contributed by atoms with Gasteiger partial charge in [0.2, 0.25) is 10.0 Å². The van der Waals surface area contributed by atoms with Gasteiger partial charge in [-0.25, -0.2) is 17.9 Å². The first-order chi connectivity index (χ1) is 20.7. The molecule has 1 saturated heterocycles. The molecule has 3 rings (SSSR count). The van der Waals surface area contributed by atoms with Crippen molar-refractivity contribution in [1.29, 1.82) is 5.41 Å². The Morgan fingerprint density at radius 2 is 1.59 bits per heavy atom. The van der Waals surface area contributed by atoms with E-state index in [-0.39, 0.29) is 47.2 Å². The Bertz CT molecular complexity index is 1410. The molecule has 44 heavy (non-hydrogen) atoms. The Morgan fingerprint density at radius 3 is 2.09 bits per heavy atom. The average molecular weight is 628 g/mol. The molecule has 9 nitrogen and oxygen atoms in total. The molecule has 0 radical (unpaired) electrons. The van der Waals surface area contributed by atoms with Crippen LogP contribution < -0.4 is 4.72 Å². The van der Waals surface area contributed by atoms with Crippen LogP contribution in [0.1, 0.15) is 107 Å². The molecule has 1 aliphatic heterocycles. The maximum atomic E-state index is 14.4. The van der Waals surface area contributed by atoms with Crippen LogP contribution in [0.3, 0.4) is 0 Å². The largest absolute Gasteiger partial charge is 0.450 e. The third-order valence-electron chi connectivity index (χ3n) is 8.29. The number of aliphatic hydroxyl groups is 1. The van der Waals surface area contributed by atoms with Crippen molar-refractivity contribution in [2.75, 3.05) is 26.3 Å². The number of ether oxygens (including phenoxy) is 1. The molecular formula is C34H49N3O6S. The quantitative estimate of drug-likeness (QED) is 0.242. The van der Waals surface area contributed by atoms with E-state index in [9.17, 15) is 23.1 Å². The van der Waals surface area contributed by atoms with Gasteiger partial charge >= 0.3 is 6.09 Å². The summed E-state index contributed by atoms with van der Waals surface area (Å²) in [7, 11) is -4.16. The number of carbonyl (C=O) groups is 2. The number of nitrogens with one attached hydrogen (secondary N) is 2. The number of hydrogen-bond donors (Lipinski definition) is 3. The summed E-state index contributed by atoms with van der Waals surface area (Å²) in [6, 6.07) is 9.83. The number of carbonyl (C=O) groups excluding carboxylic acids is 2. The number of Topliss-reactive ketones (excluding diaryl/α,β-unsaturated/α-hetero) is 1. The molecule has 3 N–H and O–H groups in total. The fourth-order valence-corrected chi connectivity index (χ4v) is 7.61. The molecule has 10 heteroatoms. The molecule has 2 aromatic rings. The van der Waals surface area contributed by atoms with Crippen molar-refractivity contribution >= 4 is 27.6 Å². The van der Waals surface area contributed by atoms with Gasteiger partial charge in [0.25, 0.3) is 0 Å². The van der Waals surface area contributed by atoms with E-state index in [1.807, 2.05) is 39.8 Å². The molecule has 1 atom stereocenters. The topological polar surface area (TPSA) is 137 Å². The number of likely N-dealkylation sites (tertiary alicyclic amines) is 1. The minimum atomic E-state index is -4.16. The number of aliphatic hydroxyl groups excluding tert-OH is 1. The van der Waals surface area contributed by atoms with Crippen LogP contribution in [0, 0.1) is 11.3 Å². The first kappa shape index (κ1) is 35.4. The van der Waals surface area contributed by atoms with Crippen LogP contribution >= 0.6 is 0 Å². The van der Waals surface area contributed by atoms with Crippen molar-refractivity contribution in [3.8, 4) is 0 Å². The first-order valence-corrected chi connectivity index (χ1v) is 17.1. The van der Waals surface area contributed by atoms with Gasteiger partial charge in [0.05, 0.1) is 29.9 Å². The zero-order chi connectivity index (χ0) is 32.8. The zero-order valence-electron chi connectivity index (χ0n) is 27.1. The molecule has 0 saturated carbocycles. The van der Waals surface area contributed by atoms with Gasteiger partial charge in [0.15, 0.2) is 5.78 Å². The highest BCUT2D eigenvalue weighted by Crippen LogP contribution is 2.35. The molecule has 0 unspecified atom stereocenters. The number of benzene rings is 2. The summed E-state index contributed by atoms with van der Waals surface area (Å²) in [5.41, 5.74) is 3.74. The van der Waals surface area contributed by atoms with Gasteiger partial charge < -0.3 is 20.2 Å². The Balaban J connectivity index is 2.04. The predicted molar refractivity (Wildman–Crippen MR) is 173 cm³/mol. The standard InChI is InChI=1S/C34H49N3O6S/c1-8-43-34(40)37-14-12-25(13-15-37)32(39)31(17-24-10-9-11-26(16-24)30(35)20-38)36-44(41,42)33-28(22(4)5)18-27(21(2)3)19-29(33)23(6)7/h9-11,16,18-19,21-23,25,31,35-36,38H,8,12-15,17,20H2,1-7H3/t31-/m0/s1. The lowest BCUT2D eigenvalue weighted by Gasteiger charge is -2.32. The summed E-state index contributed by atoms with van der Waals surface area (Å²) >= 11 is 0. The number of amides is 1. The monoisotopic (exact) mass is 627 g/mol. The predicted octanol–water partition coefficient (Wildman–Crippen LogP) is 5.74. The second-order valence-electron chi connectivity index (χ2n) is 12.6. The van der Waals surface area contributed by atoms with Crippen LogP contribution in [0.25, 0.3) is 0 Å². The first-order valence-electron chi connectivity index (χ1n) is 15.6. The lowest BCUT2D eigenvalue weighted by molar-refractivity contribution is -0.125. The minimum absolute atomic E-state index is 0.0371. The average Bonchev–Trinajstić information content (AvgIpc) is 2.99. The van der Waals surface area contributed by atoms with E-state index in [0.717, 1.165) is 16.7 Å². The fourth-order valence-electron chi connectivity index (χ4n) is 5.71.